The first-order chi connectivity index (χ1) is 10.9. The molecule has 0 saturated carbocycles. The van der Waals surface area contributed by atoms with E-state index in [0.29, 0.717) is 0 Å². The number of carbonyl (C=O) groups excluding carboxylic acids is 2. The Morgan fingerprint density at radius 3 is 2.70 bits per heavy atom. The molecule has 1 N–H and O–H groups in total. The third kappa shape index (κ3) is 4.19. The lowest BCUT2D eigenvalue weighted by Gasteiger charge is -2.20. The highest BCUT2D eigenvalue weighted by atomic mass is 32.1. The van der Waals surface area contributed by atoms with E-state index in [0.717, 1.165) is 16.3 Å². The second-order valence-electron chi connectivity index (χ2n) is 5.40. The Balaban J connectivity index is 2.13. The third-order valence-corrected chi connectivity index (χ3v) is 4.58. The monoisotopic (exact) mass is 335 g/mol. The summed E-state index contributed by atoms with van der Waals surface area (Å²) in [5.41, 5.74) is 1.79. The van der Waals surface area contributed by atoms with Gasteiger partial charge in [-0.25, -0.2) is 0 Å². The van der Waals surface area contributed by atoms with Crippen LogP contribution in [0.2, 0.25) is 0 Å². The van der Waals surface area contributed by atoms with Crippen LogP contribution in [0.4, 0.5) is 0 Å². The number of carbonyl (C=O) groups is 2. The number of nitrogens with one attached hydrogen (secondary N) is 1. The number of thiophene rings is 1. The molecular weight excluding hydrogens is 314 g/mol. The molecule has 0 bridgehead atoms. The Labute approximate surface area is 139 Å². The van der Waals surface area contributed by atoms with Crippen molar-refractivity contribution in [2.24, 2.45) is 0 Å². The summed E-state index contributed by atoms with van der Waals surface area (Å²) in [6.07, 6.45) is 0.104. The van der Waals surface area contributed by atoms with Crippen LogP contribution >= 0.6 is 11.3 Å². The maximum Gasteiger partial charge on any atom is 0.307 e. The van der Waals surface area contributed by atoms with Crippen LogP contribution < -0.4 is 5.32 Å². The SMILES string of the molecule is COC(=O)C[C@@H](NC(=O)[C@H](C)n1nc(C)cc1C)c1cccs1. The number of esters is 1. The minimum absolute atomic E-state index is 0.104. The molecule has 0 aliphatic carbocycles. The lowest BCUT2D eigenvalue weighted by atomic mass is 10.1. The molecule has 2 aromatic rings. The van der Waals surface area contributed by atoms with Gasteiger partial charge in [-0.3, -0.25) is 14.3 Å². The quantitative estimate of drug-likeness (QED) is 0.823. The van der Waals surface area contributed by atoms with E-state index < -0.39 is 12.1 Å². The molecule has 0 saturated heterocycles. The normalized spacial score (nSPS) is 13.4. The largest absolute Gasteiger partial charge is 0.469 e. The lowest BCUT2D eigenvalue weighted by molar-refractivity contribution is -0.141. The van der Waals surface area contributed by atoms with Gasteiger partial charge in [-0.15, -0.1) is 11.3 Å². The van der Waals surface area contributed by atoms with Gasteiger partial charge in [0.05, 0.1) is 25.3 Å². The van der Waals surface area contributed by atoms with Crippen LogP contribution in [0.15, 0.2) is 23.6 Å². The van der Waals surface area contributed by atoms with E-state index in [2.05, 4.69) is 10.4 Å². The Bertz CT molecular complexity index is 679. The number of ether oxygens (including phenoxy) is 1. The molecule has 0 aliphatic rings. The molecule has 0 aliphatic heterocycles. The summed E-state index contributed by atoms with van der Waals surface area (Å²) in [5.74, 6) is -0.541. The Hall–Kier alpha value is -2.15. The van der Waals surface area contributed by atoms with Gasteiger partial charge < -0.3 is 10.1 Å². The number of hydrogen-bond donors (Lipinski definition) is 1. The van der Waals surface area contributed by atoms with Gasteiger partial charge >= 0.3 is 5.97 Å². The number of amides is 1. The zero-order chi connectivity index (χ0) is 17.0. The molecule has 124 valence electrons. The second-order valence-corrected chi connectivity index (χ2v) is 6.38. The van der Waals surface area contributed by atoms with Crippen molar-refractivity contribution in [1.29, 1.82) is 0 Å². The molecule has 7 heteroatoms. The van der Waals surface area contributed by atoms with Crippen LogP contribution in [-0.4, -0.2) is 28.8 Å². The van der Waals surface area contributed by atoms with E-state index in [1.165, 1.54) is 18.4 Å². The molecule has 6 nitrogen and oxygen atoms in total. The highest BCUT2D eigenvalue weighted by Gasteiger charge is 2.24. The molecule has 2 atom stereocenters. The second kappa shape index (κ2) is 7.41. The van der Waals surface area contributed by atoms with Crippen molar-refractivity contribution in [2.45, 2.75) is 39.3 Å². The number of aryl methyl sites for hydroxylation is 2. The van der Waals surface area contributed by atoms with Gasteiger partial charge in [0.25, 0.3) is 0 Å². The summed E-state index contributed by atoms with van der Waals surface area (Å²) in [5, 5.41) is 9.19. The zero-order valence-corrected chi connectivity index (χ0v) is 14.5. The first kappa shape index (κ1) is 17.2. The molecule has 0 spiro atoms. The van der Waals surface area contributed by atoms with Gasteiger partial charge in [-0.1, -0.05) is 6.07 Å². The highest BCUT2D eigenvalue weighted by Crippen LogP contribution is 2.23. The van der Waals surface area contributed by atoms with Crippen molar-refractivity contribution in [2.75, 3.05) is 7.11 Å². The van der Waals surface area contributed by atoms with Crippen LogP contribution in [-0.2, 0) is 14.3 Å². The Kier molecular flexibility index (Phi) is 5.54. The van der Waals surface area contributed by atoms with Crippen LogP contribution in [0.25, 0.3) is 0 Å². The summed E-state index contributed by atoms with van der Waals surface area (Å²) >= 11 is 1.50. The average molecular weight is 335 g/mol. The van der Waals surface area contributed by atoms with E-state index in [4.69, 9.17) is 4.74 Å². The lowest BCUT2D eigenvalue weighted by Crippen LogP contribution is -2.35. The number of nitrogens with zero attached hydrogens (tertiary/aromatic N) is 2. The standard InChI is InChI=1S/C16H21N3O3S/c1-10-8-11(2)19(18-10)12(3)16(21)17-13(9-15(20)22-4)14-6-5-7-23-14/h5-8,12-13H,9H2,1-4H3,(H,17,21)/t12-,13+/m0/s1. The van der Waals surface area contributed by atoms with E-state index >= 15 is 0 Å². The van der Waals surface area contributed by atoms with Gasteiger partial charge in [0.2, 0.25) is 5.91 Å². The van der Waals surface area contributed by atoms with Crippen molar-refractivity contribution in [1.82, 2.24) is 15.1 Å². The Morgan fingerprint density at radius 2 is 2.17 bits per heavy atom. The summed E-state index contributed by atoms with van der Waals surface area (Å²) in [4.78, 5) is 25.1. The summed E-state index contributed by atoms with van der Waals surface area (Å²) in [7, 11) is 1.34. The van der Waals surface area contributed by atoms with E-state index in [1.54, 1.807) is 11.6 Å². The maximum atomic E-state index is 12.6. The van der Waals surface area contributed by atoms with E-state index in [1.807, 2.05) is 37.4 Å². The summed E-state index contributed by atoms with van der Waals surface area (Å²) < 4.78 is 6.41. The van der Waals surface area contributed by atoms with Crippen LogP contribution in [0.3, 0.4) is 0 Å². The predicted molar refractivity (Wildman–Crippen MR) is 88.2 cm³/mol. The highest BCUT2D eigenvalue weighted by molar-refractivity contribution is 7.10. The molecule has 0 radical (unpaired) electrons. The first-order valence-electron chi connectivity index (χ1n) is 7.35. The molecule has 23 heavy (non-hydrogen) atoms. The topological polar surface area (TPSA) is 73.2 Å². The maximum absolute atomic E-state index is 12.6. The molecule has 0 unspecified atom stereocenters. The van der Waals surface area contributed by atoms with Crippen LogP contribution in [0.5, 0.6) is 0 Å². The molecule has 2 heterocycles. The fourth-order valence-electron chi connectivity index (χ4n) is 2.40. The van der Waals surface area contributed by atoms with Crippen LogP contribution in [0, 0.1) is 13.8 Å². The minimum atomic E-state index is -0.455. The van der Waals surface area contributed by atoms with Gasteiger partial charge in [-0.05, 0) is 38.3 Å². The van der Waals surface area contributed by atoms with E-state index in [-0.39, 0.29) is 18.3 Å². The van der Waals surface area contributed by atoms with Crippen molar-refractivity contribution in [3.8, 4) is 0 Å². The molecule has 2 aromatic heterocycles. The fraction of sp³-hybridized carbons (Fsp3) is 0.438. The van der Waals surface area contributed by atoms with Gasteiger partial charge in [-0.2, -0.15) is 5.10 Å². The smallest absolute Gasteiger partial charge is 0.307 e. The number of methoxy groups -OCH3 is 1. The first-order valence-corrected chi connectivity index (χ1v) is 8.23. The fourth-order valence-corrected chi connectivity index (χ4v) is 3.18. The van der Waals surface area contributed by atoms with Crippen molar-refractivity contribution < 1.29 is 14.3 Å². The minimum Gasteiger partial charge on any atom is -0.469 e. The number of aromatic nitrogens is 2. The molecule has 2 rings (SSSR count). The number of rotatable bonds is 6. The van der Waals surface area contributed by atoms with Crippen molar-refractivity contribution >= 4 is 23.2 Å². The number of hydrogen-bond acceptors (Lipinski definition) is 5. The van der Waals surface area contributed by atoms with Crippen molar-refractivity contribution in [3.05, 3.63) is 39.8 Å². The van der Waals surface area contributed by atoms with Gasteiger partial charge in [0.15, 0.2) is 0 Å². The molecule has 0 aromatic carbocycles. The van der Waals surface area contributed by atoms with Crippen molar-refractivity contribution in [3.63, 3.8) is 0 Å². The Morgan fingerprint density at radius 1 is 1.43 bits per heavy atom. The average Bonchev–Trinajstić information content (AvgIpc) is 3.15. The summed E-state index contributed by atoms with van der Waals surface area (Å²) in [6, 6.07) is 4.86. The summed E-state index contributed by atoms with van der Waals surface area (Å²) in [6.45, 7) is 5.59. The molecular formula is C16H21N3O3S. The molecule has 0 fully saturated rings. The van der Waals surface area contributed by atoms with Gasteiger partial charge in [0, 0.05) is 10.6 Å². The van der Waals surface area contributed by atoms with Crippen LogP contribution in [0.1, 0.15) is 41.7 Å². The predicted octanol–water partition coefficient (Wildman–Crippen LogP) is 2.54. The third-order valence-electron chi connectivity index (χ3n) is 3.59. The molecule has 1 amide bonds. The van der Waals surface area contributed by atoms with Gasteiger partial charge in [0.1, 0.15) is 6.04 Å². The zero-order valence-electron chi connectivity index (χ0n) is 13.7. The van der Waals surface area contributed by atoms with E-state index in [9.17, 15) is 9.59 Å².